The minimum absolute atomic E-state index is 0. The Labute approximate surface area is 156 Å². The number of rotatable bonds is 3. The van der Waals surface area contributed by atoms with E-state index in [2.05, 4.69) is 15.4 Å². The molecule has 1 N–H and O–H groups in total. The van der Waals surface area contributed by atoms with Crippen molar-refractivity contribution in [2.24, 2.45) is 7.05 Å². The van der Waals surface area contributed by atoms with E-state index >= 15 is 0 Å². The zero-order chi connectivity index (χ0) is 17.6. The van der Waals surface area contributed by atoms with Crippen LogP contribution in [0, 0.1) is 0 Å². The Morgan fingerprint density at radius 2 is 1.88 bits per heavy atom. The van der Waals surface area contributed by atoms with Crippen LogP contribution < -0.4 is 22.3 Å². The number of nitrogens with one attached hydrogen (secondary N) is 1. The summed E-state index contributed by atoms with van der Waals surface area (Å²) in [5.41, 5.74) is 1.09. The number of aryl methyl sites for hydroxylation is 1. The molecule has 9 heteroatoms. The predicted octanol–water partition coefficient (Wildman–Crippen LogP) is -1.41. The lowest BCUT2D eigenvalue weighted by atomic mass is 10.3. The number of sulfone groups is 1. The fraction of sp³-hybridized carbons (Fsp3) is 0.118. The van der Waals surface area contributed by atoms with Crippen molar-refractivity contribution in [3.05, 3.63) is 55.0 Å². The summed E-state index contributed by atoms with van der Waals surface area (Å²) in [5.74, 6) is 0.275. The Kier molecular flexibility index (Phi) is 4.55. The Bertz CT molecular complexity index is 1210. The number of aromatic nitrogens is 4. The standard InChI is InChI=1S/C17H16N5O2S.ClH/c1-18-16-15(25(23,24)13-6-4-3-5-7-13)17-19-10-12-11-21(2)9-8-14(12)22(17)20-16;/h3-11H,1-2H3,(H,18,20);1H/q+1;/p-1. The molecule has 4 rings (SSSR count). The van der Waals surface area contributed by atoms with Crippen LogP contribution in [-0.4, -0.2) is 30.1 Å². The van der Waals surface area contributed by atoms with Crippen LogP contribution in [0.2, 0.25) is 0 Å². The third-order valence-electron chi connectivity index (χ3n) is 4.04. The van der Waals surface area contributed by atoms with Gasteiger partial charge in [0.25, 0.3) is 0 Å². The van der Waals surface area contributed by atoms with Crippen LogP contribution in [0.15, 0.2) is 64.8 Å². The molecule has 7 nitrogen and oxygen atoms in total. The first-order chi connectivity index (χ1) is 12.0. The molecule has 1 aromatic carbocycles. The first-order valence-electron chi connectivity index (χ1n) is 7.67. The molecule has 0 atom stereocenters. The topological polar surface area (TPSA) is 80.2 Å². The van der Waals surface area contributed by atoms with Gasteiger partial charge in [0.1, 0.15) is 7.05 Å². The van der Waals surface area contributed by atoms with E-state index in [1.54, 1.807) is 48.1 Å². The third kappa shape index (κ3) is 2.67. The molecule has 134 valence electrons. The smallest absolute Gasteiger partial charge is 0.214 e. The van der Waals surface area contributed by atoms with Gasteiger partial charge in [-0.15, -0.1) is 5.10 Å². The van der Waals surface area contributed by atoms with Gasteiger partial charge in [0.05, 0.1) is 15.8 Å². The van der Waals surface area contributed by atoms with Gasteiger partial charge >= 0.3 is 0 Å². The van der Waals surface area contributed by atoms with Crippen molar-refractivity contribution in [1.29, 1.82) is 0 Å². The van der Waals surface area contributed by atoms with Crippen molar-refractivity contribution in [3.8, 4) is 0 Å². The maximum atomic E-state index is 13.1. The number of benzene rings is 1. The van der Waals surface area contributed by atoms with E-state index < -0.39 is 9.84 Å². The molecular formula is C17H16ClN5O2S. The molecular weight excluding hydrogens is 374 g/mol. The number of hydrogen-bond acceptors (Lipinski definition) is 5. The minimum Gasteiger partial charge on any atom is -1.00 e. The molecule has 0 radical (unpaired) electrons. The van der Waals surface area contributed by atoms with Gasteiger partial charge in [-0.3, -0.25) is 0 Å². The van der Waals surface area contributed by atoms with Gasteiger partial charge in [0.2, 0.25) is 9.84 Å². The zero-order valence-electron chi connectivity index (χ0n) is 14.1. The maximum absolute atomic E-state index is 13.1. The highest BCUT2D eigenvalue weighted by atomic mass is 35.5. The SMILES string of the molecule is CNc1nn2c(ncc3c[n+](C)ccc32)c1S(=O)(=O)c1ccccc1.[Cl-]. The maximum Gasteiger partial charge on any atom is 0.214 e. The van der Waals surface area contributed by atoms with Gasteiger partial charge in [-0.25, -0.2) is 22.5 Å². The number of pyridine rings is 1. The molecule has 0 bridgehead atoms. The summed E-state index contributed by atoms with van der Waals surface area (Å²) >= 11 is 0. The van der Waals surface area contributed by atoms with Crippen molar-refractivity contribution in [2.45, 2.75) is 9.79 Å². The summed E-state index contributed by atoms with van der Waals surface area (Å²) in [5, 5.41) is 8.18. The van der Waals surface area contributed by atoms with Crippen LogP contribution >= 0.6 is 0 Å². The Balaban J connectivity index is 0.00000196. The monoisotopic (exact) mass is 389 g/mol. The van der Waals surface area contributed by atoms with Gasteiger partial charge in [-0.05, 0) is 12.1 Å². The molecule has 3 aromatic heterocycles. The second-order valence-corrected chi connectivity index (χ2v) is 7.58. The van der Waals surface area contributed by atoms with Crippen molar-refractivity contribution in [1.82, 2.24) is 14.6 Å². The highest BCUT2D eigenvalue weighted by Crippen LogP contribution is 2.31. The number of anilines is 1. The molecule has 0 aliphatic heterocycles. The van der Waals surface area contributed by atoms with Gasteiger partial charge in [0.15, 0.2) is 28.8 Å². The molecule has 4 aromatic rings. The molecule has 0 amide bonds. The highest BCUT2D eigenvalue weighted by molar-refractivity contribution is 7.91. The second kappa shape index (κ2) is 6.54. The number of nitrogens with zero attached hydrogens (tertiary/aromatic N) is 4. The van der Waals surface area contributed by atoms with Crippen molar-refractivity contribution < 1.29 is 25.4 Å². The lowest BCUT2D eigenvalue weighted by Crippen LogP contribution is -3.00. The second-order valence-electron chi connectivity index (χ2n) is 5.69. The van der Waals surface area contributed by atoms with Crippen LogP contribution in [0.25, 0.3) is 16.6 Å². The quantitative estimate of drug-likeness (QED) is 0.435. The number of hydrogen-bond donors (Lipinski definition) is 1. The Morgan fingerprint density at radius 3 is 2.58 bits per heavy atom. The summed E-state index contributed by atoms with van der Waals surface area (Å²) in [6.07, 6.45) is 5.46. The number of halogens is 1. The molecule has 0 saturated heterocycles. The summed E-state index contributed by atoms with van der Waals surface area (Å²) in [7, 11) is -0.195. The van der Waals surface area contributed by atoms with Crippen molar-refractivity contribution in [2.75, 3.05) is 12.4 Å². The minimum atomic E-state index is -3.76. The Morgan fingerprint density at radius 1 is 1.15 bits per heavy atom. The molecule has 0 aliphatic rings. The van der Waals surface area contributed by atoms with E-state index in [4.69, 9.17) is 0 Å². The molecule has 26 heavy (non-hydrogen) atoms. The van der Waals surface area contributed by atoms with Gasteiger partial charge in [-0.1, -0.05) is 18.2 Å². The third-order valence-corrected chi connectivity index (χ3v) is 5.84. The summed E-state index contributed by atoms with van der Waals surface area (Å²) in [6.45, 7) is 0. The molecule has 0 fully saturated rings. The van der Waals surface area contributed by atoms with Crippen LogP contribution in [0.1, 0.15) is 0 Å². The normalized spacial score (nSPS) is 11.5. The molecule has 0 spiro atoms. The predicted molar refractivity (Wildman–Crippen MR) is 93.1 cm³/mol. The van der Waals surface area contributed by atoms with Crippen LogP contribution in [0.5, 0.6) is 0 Å². The van der Waals surface area contributed by atoms with Gasteiger partial charge < -0.3 is 17.7 Å². The van der Waals surface area contributed by atoms with E-state index in [1.165, 1.54) is 0 Å². The van der Waals surface area contributed by atoms with E-state index in [-0.39, 0.29) is 28.0 Å². The largest absolute Gasteiger partial charge is 1.00 e. The van der Waals surface area contributed by atoms with E-state index in [9.17, 15) is 8.42 Å². The summed E-state index contributed by atoms with van der Waals surface area (Å²) < 4.78 is 29.8. The van der Waals surface area contributed by atoms with Crippen molar-refractivity contribution in [3.63, 3.8) is 0 Å². The molecule has 0 aliphatic carbocycles. The highest BCUT2D eigenvalue weighted by Gasteiger charge is 2.28. The Hall–Kier alpha value is -2.71. The summed E-state index contributed by atoms with van der Waals surface area (Å²) in [6, 6.07) is 10.2. The average Bonchev–Trinajstić information content (AvgIpc) is 3.02. The fourth-order valence-corrected chi connectivity index (χ4v) is 4.37. The fourth-order valence-electron chi connectivity index (χ4n) is 2.84. The van der Waals surface area contributed by atoms with E-state index in [0.29, 0.717) is 5.65 Å². The lowest BCUT2D eigenvalue weighted by molar-refractivity contribution is -0.670. The van der Waals surface area contributed by atoms with Gasteiger partial charge in [0, 0.05) is 19.3 Å². The zero-order valence-corrected chi connectivity index (χ0v) is 15.7. The van der Waals surface area contributed by atoms with E-state index in [1.807, 2.05) is 30.1 Å². The molecule has 0 unspecified atom stereocenters. The lowest BCUT2D eigenvalue weighted by Gasteiger charge is -2.05. The van der Waals surface area contributed by atoms with Crippen LogP contribution in [0.3, 0.4) is 0 Å². The van der Waals surface area contributed by atoms with Gasteiger partial charge in [-0.2, -0.15) is 0 Å². The van der Waals surface area contributed by atoms with E-state index in [0.717, 1.165) is 10.9 Å². The molecule has 3 heterocycles. The van der Waals surface area contributed by atoms with Crippen molar-refractivity contribution >= 4 is 32.2 Å². The number of fused-ring (bicyclic) bond motifs is 3. The van der Waals surface area contributed by atoms with Crippen LogP contribution in [-0.2, 0) is 16.9 Å². The summed E-state index contributed by atoms with van der Waals surface area (Å²) in [4.78, 5) is 4.67. The van der Waals surface area contributed by atoms with Crippen LogP contribution in [0.4, 0.5) is 5.82 Å². The first kappa shape index (κ1) is 18.1. The average molecular weight is 390 g/mol. The first-order valence-corrected chi connectivity index (χ1v) is 9.15. The molecule has 0 saturated carbocycles.